The van der Waals surface area contributed by atoms with Crippen LogP contribution >= 0.6 is 0 Å². The van der Waals surface area contributed by atoms with Crippen molar-refractivity contribution in [1.82, 2.24) is 5.32 Å². The van der Waals surface area contributed by atoms with Crippen LogP contribution in [0.3, 0.4) is 0 Å². The van der Waals surface area contributed by atoms with Crippen LogP contribution in [0.4, 0.5) is 0 Å². The summed E-state index contributed by atoms with van der Waals surface area (Å²) in [5.41, 5.74) is 2.06. The molecule has 0 aliphatic rings. The molecule has 2 rings (SSSR count). The lowest BCUT2D eigenvalue weighted by atomic mass is 10.2. The van der Waals surface area contributed by atoms with E-state index in [1.807, 2.05) is 69.3 Å². The maximum absolute atomic E-state index is 12.4. The van der Waals surface area contributed by atoms with Crippen LogP contribution < -0.4 is 14.8 Å². The molecule has 1 amide bonds. The van der Waals surface area contributed by atoms with Gasteiger partial charge in [0, 0.05) is 12.1 Å². The first-order valence-electron chi connectivity index (χ1n) is 8.35. The van der Waals surface area contributed by atoms with Crippen molar-refractivity contribution in [3.63, 3.8) is 0 Å². The fraction of sp³-hybridized carbons (Fsp3) is 0.350. The van der Waals surface area contributed by atoms with E-state index in [2.05, 4.69) is 5.32 Å². The largest absolute Gasteiger partial charge is 0.494 e. The summed E-state index contributed by atoms with van der Waals surface area (Å²) < 4.78 is 11.4. The molecular weight excluding hydrogens is 302 g/mol. The van der Waals surface area contributed by atoms with Crippen molar-refractivity contribution in [2.45, 2.75) is 39.8 Å². The Morgan fingerprint density at radius 1 is 1.12 bits per heavy atom. The quantitative estimate of drug-likeness (QED) is 0.801. The Morgan fingerprint density at radius 2 is 1.92 bits per heavy atom. The average Bonchev–Trinajstić information content (AvgIpc) is 2.59. The molecule has 0 spiro atoms. The number of carbonyl (C=O) groups excluding carboxylic acids is 1. The first-order chi connectivity index (χ1) is 11.6. The van der Waals surface area contributed by atoms with Gasteiger partial charge >= 0.3 is 0 Å². The topological polar surface area (TPSA) is 47.6 Å². The molecule has 0 aromatic heterocycles. The zero-order chi connectivity index (χ0) is 17.4. The van der Waals surface area contributed by atoms with Gasteiger partial charge in [0.2, 0.25) is 0 Å². The Balaban J connectivity index is 1.97. The lowest BCUT2D eigenvalue weighted by Gasteiger charge is -2.18. The van der Waals surface area contributed by atoms with Gasteiger partial charge in [-0.3, -0.25) is 4.79 Å². The van der Waals surface area contributed by atoms with Crippen molar-refractivity contribution in [1.29, 1.82) is 0 Å². The second-order valence-corrected chi connectivity index (χ2v) is 5.59. The van der Waals surface area contributed by atoms with Crippen molar-refractivity contribution in [2.24, 2.45) is 0 Å². The van der Waals surface area contributed by atoms with E-state index in [4.69, 9.17) is 9.47 Å². The van der Waals surface area contributed by atoms with Gasteiger partial charge in [-0.15, -0.1) is 0 Å². The highest BCUT2D eigenvalue weighted by molar-refractivity contribution is 5.81. The van der Waals surface area contributed by atoms with E-state index in [-0.39, 0.29) is 5.91 Å². The number of hydrogen-bond donors (Lipinski definition) is 1. The van der Waals surface area contributed by atoms with Gasteiger partial charge in [0.05, 0.1) is 6.61 Å². The number of carbonyl (C=O) groups is 1. The van der Waals surface area contributed by atoms with Gasteiger partial charge in [0.1, 0.15) is 11.5 Å². The summed E-state index contributed by atoms with van der Waals surface area (Å²) in [5.74, 6) is 1.39. The Hall–Kier alpha value is -2.49. The SMILES string of the molecule is CCOc1ccccc1CNC(=O)[C@@H](CC)Oc1cccc(C)c1. The molecule has 0 aliphatic heterocycles. The van der Waals surface area contributed by atoms with Gasteiger partial charge in [-0.1, -0.05) is 37.3 Å². The molecule has 4 nitrogen and oxygen atoms in total. The van der Waals surface area contributed by atoms with Gasteiger partial charge in [-0.05, 0) is 44.0 Å². The maximum Gasteiger partial charge on any atom is 0.261 e. The van der Waals surface area contributed by atoms with Crippen molar-refractivity contribution >= 4 is 5.91 Å². The molecule has 0 unspecified atom stereocenters. The van der Waals surface area contributed by atoms with Crippen LogP contribution in [-0.2, 0) is 11.3 Å². The molecule has 1 atom stereocenters. The number of aryl methyl sites for hydroxylation is 1. The van der Waals surface area contributed by atoms with E-state index in [0.717, 1.165) is 16.9 Å². The van der Waals surface area contributed by atoms with Crippen molar-refractivity contribution in [2.75, 3.05) is 6.61 Å². The first kappa shape index (κ1) is 17.9. The standard InChI is InChI=1S/C20H25NO3/c1-4-18(24-17-11-8-9-15(3)13-17)20(22)21-14-16-10-6-7-12-19(16)23-5-2/h6-13,18H,4-5,14H2,1-3H3,(H,21,22)/t18-/m1/s1. The Bertz CT molecular complexity index is 669. The Kier molecular flexibility index (Phi) is 6.67. The second-order valence-electron chi connectivity index (χ2n) is 5.59. The average molecular weight is 327 g/mol. The number of rotatable bonds is 8. The van der Waals surface area contributed by atoms with Gasteiger partial charge in [-0.2, -0.15) is 0 Å². The Morgan fingerprint density at radius 3 is 2.62 bits per heavy atom. The van der Waals surface area contributed by atoms with E-state index in [9.17, 15) is 4.79 Å². The highest BCUT2D eigenvalue weighted by atomic mass is 16.5. The van der Waals surface area contributed by atoms with Gasteiger partial charge in [0.25, 0.3) is 5.91 Å². The molecule has 0 saturated carbocycles. The lowest BCUT2D eigenvalue weighted by Crippen LogP contribution is -2.37. The van der Waals surface area contributed by atoms with Crippen LogP contribution in [0.25, 0.3) is 0 Å². The molecule has 1 N–H and O–H groups in total. The normalized spacial score (nSPS) is 11.6. The fourth-order valence-electron chi connectivity index (χ4n) is 2.42. The van der Waals surface area contributed by atoms with Crippen LogP contribution in [0.1, 0.15) is 31.4 Å². The highest BCUT2D eigenvalue weighted by Crippen LogP contribution is 2.18. The summed E-state index contributed by atoms with van der Waals surface area (Å²) in [4.78, 5) is 12.4. The molecule has 0 saturated heterocycles. The smallest absolute Gasteiger partial charge is 0.261 e. The zero-order valence-corrected chi connectivity index (χ0v) is 14.5. The number of para-hydroxylation sites is 1. The molecule has 24 heavy (non-hydrogen) atoms. The van der Waals surface area contributed by atoms with Gasteiger partial charge in [0.15, 0.2) is 6.10 Å². The summed E-state index contributed by atoms with van der Waals surface area (Å²) in [6.07, 6.45) is 0.0958. The third kappa shape index (κ3) is 5.01. The van der Waals surface area contributed by atoms with Crippen molar-refractivity contribution in [3.05, 3.63) is 59.7 Å². The highest BCUT2D eigenvalue weighted by Gasteiger charge is 2.18. The molecule has 0 bridgehead atoms. The van der Waals surface area contributed by atoms with Crippen LogP contribution in [0.15, 0.2) is 48.5 Å². The predicted molar refractivity (Wildman–Crippen MR) is 95.3 cm³/mol. The Labute approximate surface area is 143 Å². The molecule has 0 fully saturated rings. The lowest BCUT2D eigenvalue weighted by molar-refractivity contribution is -0.128. The van der Waals surface area contributed by atoms with E-state index in [1.54, 1.807) is 0 Å². The van der Waals surface area contributed by atoms with E-state index < -0.39 is 6.10 Å². The van der Waals surface area contributed by atoms with Crippen molar-refractivity contribution in [3.8, 4) is 11.5 Å². The summed E-state index contributed by atoms with van der Waals surface area (Å²) in [5, 5.41) is 2.94. The fourth-order valence-corrected chi connectivity index (χ4v) is 2.42. The molecule has 4 heteroatoms. The minimum absolute atomic E-state index is 0.120. The number of amides is 1. The number of ether oxygens (including phenoxy) is 2. The van der Waals surface area contributed by atoms with Gasteiger partial charge < -0.3 is 14.8 Å². The summed E-state index contributed by atoms with van der Waals surface area (Å²) >= 11 is 0. The van der Waals surface area contributed by atoms with E-state index in [0.29, 0.717) is 25.3 Å². The second kappa shape index (κ2) is 8.96. The first-order valence-corrected chi connectivity index (χ1v) is 8.35. The predicted octanol–water partition coefficient (Wildman–Crippen LogP) is 3.87. The molecule has 2 aromatic carbocycles. The van der Waals surface area contributed by atoms with Gasteiger partial charge in [-0.25, -0.2) is 0 Å². The van der Waals surface area contributed by atoms with Crippen LogP contribution in [0, 0.1) is 6.92 Å². The molecule has 0 aliphatic carbocycles. The molecule has 0 radical (unpaired) electrons. The summed E-state index contributed by atoms with van der Waals surface area (Å²) in [7, 11) is 0. The molecule has 128 valence electrons. The number of hydrogen-bond acceptors (Lipinski definition) is 3. The third-order valence-electron chi connectivity index (χ3n) is 3.66. The van der Waals surface area contributed by atoms with Crippen LogP contribution in [0.2, 0.25) is 0 Å². The van der Waals surface area contributed by atoms with Crippen LogP contribution in [0.5, 0.6) is 11.5 Å². The minimum Gasteiger partial charge on any atom is -0.494 e. The number of nitrogens with one attached hydrogen (secondary N) is 1. The van der Waals surface area contributed by atoms with Crippen LogP contribution in [-0.4, -0.2) is 18.6 Å². The monoisotopic (exact) mass is 327 g/mol. The van der Waals surface area contributed by atoms with E-state index in [1.165, 1.54) is 0 Å². The third-order valence-corrected chi connectivity index (χ3v) is 3.66. The molecule has 2 aromatic rings. The zero-order valence-electron chi connectivity index (χ0n) is 14.5. The number of benzene rings is 2. The molecule has 0 heterocycles. The van der Waals surface area contributed by atoms with E-state index >= 15 is 0 Å². The summed E-state index contributed by atoms with van der Waals surface area (Å²) in [6, 6.07) is 15.4. The minimum atomic E-state index is -0.508. The van der Waals surface area contributed by atoms with Crippen molar-refractivity contribution < 1.29 is 14.3 Å². The molecular formula is C20H25NO3. The summed E-state index contributed by atoms with van der Waals surface area (Å²) in [6.45, 7) is 6.90. The maximum atomic E-state index is 12.4.